The molecule has 0 atom stereocenters. The molecule has 1 radical (unpaired) electrons. The minimum Gasteiger partial charge on any atom is -0.326 e. The zero-order chi connectivity index (χ0) is 14.0. The number of nitrogens with one attached hydrogen (secondary N) is 1. The van der Waals surface area contributed by atoms with Crippen molar-refractivity contribution in [3.8, 4) is 0 Å². The molecule has 0 saturated carbocycles. The molecule has 0 heterocycles. The number of carbonyl (C=O) groups excluding carboxylic acids is 1. The number of benzene rings is 2. The van der Waals surface area contributed by atoms with Crippen LogP contribution in [0.3, 0.4) is 0 Å². The number of amides is 1. The average molecular weight is 266 g/mol. The fourth-order valence-corrected chi connectivity index (χ4v) is 2.13. The van der Waals surface area contributed by atoms with Gasteiger partial charge in [0.15, 0.2) is 0 Å². The van der Waals surface area contributed by atoms with Crippen LogP contribution in [0.15, 0.2) is 54.6 Å². The summed E-state index contributed by atoms with van der Waals surface area (Å²) in [5.74, 6) is 0.0934. The Hall–Kier alpha value is -2.09. The van der Waals surface area contributed by atoms with E-state index in [-0.39, 0.29) is 5.91 Å². The van der Waals surface area contributed by atoms with Crippen molar-refractivity contribution in [2.45, 2.75) is 32.1 Å². The Bertz CT molecular complexity index is 507. The third kappa shape index (κ3) is 5.27. The standard InChI is InChI=1S/C18H20NO/c20-18(19-17-13-7-3-8-14-17)15-9-2-6-12-16-10-4-1-5-11-16/h1,4-5,7-8,10-11,13-14H,2,6,9,12,15H2,(H,19,20). The maximum Gasteiger partial charge on any atom is 0.224 e. The molecule has 0 saturated heterocycles. The van der Waals surface area contributed by atoms with Gasteiger partial charge >= 0.3 is 0 Å². The van der Waals surface area contributed by atoms with E-state index < -0.39 is 0 Å². The van der Waals surface area contributed by atoms with Crippen molar-refractivity contribution in [1.29, 1.82) is 0 Å². The quantitative estimate of drug-likeness (QED) is 0.747. The number of carbonyl (C=O) groups is 1. The second kappa shape index (κ2) is 8.16. The zero-order valence-electron chi connectivity index (χ0n) is 11.6. The van der Waals surface area contributed by atoms with E-state index >= 15 is 0 Å². The summed E-state index contributed by atoms with van der Waals surface area (Å²) in [5, 5.41) is 2.89. The van der Waals surface area contributed by atoms with Crippen molar-refractivity contribution in [1.82, 2.24) is 0 Å². The zero-order valence-corrected chi connectivity index (χ0v) is 11.6. The van der Waals surface area contributed by atoms with Gasteiger partial charge in [0, 0.05) is 12.1 Å². The molecule has 0 aliphatic carbocycles. The van der Waals surface area contributed by atoms with Crippen molar-refractivity contribution < 1.29 is 4.79 Å². The minimum atomic E-state index is 0.0934. The number of hydrogen-bond donors (Lipinski definition) is 1. The van der Waals surface area contributed by atoms with Crippen molar-refractivity contribution in [2.24, 2.45) is 0 Å². The monoisotopic (exact) mass is 266 g/mol. The van der Waals surface area contributed by atoms with Crippen molar-refractivity contribution >= 4 is 11.6 Å². The van der Waals surface area contributed by atoms with Gasteiger partial charge in [-0.25, -0.2) is 0 Å². The first-order valence-corrected chi connectivity index (χ1v) is 7.14. The molecular weight excluding hydrogens is 246 g/mol. The summed E-state index contributed by atoms with van der Waals surface area (Å²) in [6.07, 6.45) is 4.85. The van der Waals surface area contributed by atoms with Crippen LogP contribution in [0.25, 0.3) is 0 Å². The summed E-state index contributed by atoms with van der Waals surface area (Å²) < 4.78 is 0. The van der Waals surface area contributed by atoms with Crippen molar-refractivity contribution in [2.75, 3.05) is 5.32 Å². The largest absolute Gasteiger partial charge is 0.326 e. The highest BCUT2D eigenvalue weighted by Crippen LogP contribution is 2.09. The van der Waals surface area contributed by atoms with Gasteiger partial charge < -0.3 is 5.32 Å². The Morgan fingerprint density at radius 3 is 2.45 bits per heavy atom. The summed E-state index contributed by atoms with van der Waals surface area (Å²) in [4.78, 5) is 11.7. The molecule has 0 aromatic heterocycles. The van der Waals surface area contributed by atoms with Gasteiger partial charge in [-0.05, 0) is 43.0 Å². The molecule has 103 valence electrons. The molecule has 0 aliphatic heterocycles. The first kappa shape index (κ1) is 14.3. The molecule has 1 N–H and O–H groups in total. The van der Waals surface area contributed by atoms with Crippen LogP contribution in [0.1, 0.15) is 31.2 Å². The number of unbranched alkanes of at least 4 members (excludes halogenated alkanes) is 2. The minimum absolute atomic E-state index is 0.0934. The molecule has 0 fully saturated rings. The highest BCUT2D eigenvalue weighted by molar-refractivity contribution is 5.90. The predicted molar refractivity (Wildman–Crippen MR) is 82.5 cm³/mol. The first-order chi connectivity index (χ1) is 9.84. The highest BCUT2D eigenvalue weighted by Gasteiger charge is 2.01. The molecule has 2 rings (SSSR count). The van der Waals surface area contributed by atoms with E-state index in [9.17, 15) is 4.79 Å². The fraction of sp³-hybridized carbons (Fsp3) is 0.278. The number of anilines is 1. The lowest BCUT2D eigenvalue weighted by molar-refractivity contribution is -0.116. The van der Waals surface area contributed by atoms with Crippen LogP contribution in [0.4, 0.5) is 5.69 Å². The van der Waals surface area contributed by atoms with Crippen LogP contribution in [0, 0.1) is 6.07 Å². The summed E-state index contributed by atoms with van der Waals surface area (Å²) >= 11 is 0. The van der Waals surface area contributed by atoms with Gasteiger partial charge in [0.2, 0.25) is 5.91 Å². The Labute approximate surface area is 120 Å². The molecular formula is C18H20NO. The van der Waals surface area contributed by atoms with Gasteiger partial charge in [0.25, 0.3) is 0 Å². The summed E-state index contributed by atoms with van der Waals surface area (Å²) in [7, 11) is 0. The van der Waals surface area contributed by atoms with Crippen LogP contribution < -0.4 is 5.32 Å². The third-order valence-corrected chi connectivity index (χ3v) is 3.21. The lowest BCUT2D eigenvalue weighted by atomic mass is 10.1. The Morgan fingerprint density at radius 2 is 1.70 bits per heavy atom. The number of rotatable bonds is 7. The predicted octanol–water partition coefficient (Wildman–Crippen LogP) is 4.23. The smallest absolute Gasteiger partial charge is 0.224 e. The van der Waals surface area contributed by atoms with Gasteiger partial charge in [0.05, 0.1) is 0 Å². The maximum absolute atomic E-state index is 11.7. The summed E-state index contributed by atoms with van der Waals surface area (Å²) in [6.45, 7) is 0. The molecule has 0 spiro atoms. The van der Waals surface area contributed by atoms with Crippen LogP contribution in [0.2, 0.25) is 0 Å². The molecule has 2 aromatic rings. The van der Waals surface area contributed by atoms with Crippen LogP contribution in [0.5, 0.6) is 0 Å². The summed E-state index contributed by atoms with van der Waals surface area (Å²) in [5.41, 5.74) is 2.22. The van der Waals surface area contributed by atoms with Gasteiger partial charge in [-0.1, -0.05) is 48.9 Å². The second-order valence-corrected chi connectivity index (χ2v) is 4.88. The Morgan fingerprint density at radius 1 is 0.950 bits per heavy atom. The van der Waals surface area contributed by atoms with Gasteiger partial charge in [-0.15, -0.1) is 0 Å². The molecule has 0 unspecified atom stereocenters. The topological polar surface area (TPSA) is 29.1 Å². The molecule has 2 heteroatoms. The normalized spacial score (nSPS) is 10.2. The van der Waals surface area contributed by atoms with Gasteiger partial charge in [-0.3, -0.25) is 4.79 Å². The van der Waals surface area contributed by atoms with Crippen molar-refractivity contribution in [3.05, 3.63) is 66.2 Å². The second-order valence-electron chi connectivity index (χ2n) is 4.88. The first-order valence-electron chi connectivity index (χ1n) is 7.14. The molecule has 0 bridgehead atoms. The van der Waals surface area contributed by atoms with Crippen LogP contribution >= 0.6 is 0 Å². The van der Waals surface area contributed by atoms with E-state index in [1.54, 1.807) is 12.1 Å². The summed E-state index contributed by atoms with van der Waals surface area (Å²) in [6, 6.07) is 20.7. The van der Waals surface area contributed by atoms with E-state index in [0.29, 0.717) is 6.42 Å². The van der Waals surface area contributed by atoms with Crippen molar-refractivity contribution in [3.63, 3.8) is 0 Å². The average Bonchev–Trinajstić information content (AvgIpc) is 2.49. The van der Waals surface area contributed by atoms with E-state index in [1.165, 1.54) is 5.56 Å². The highest BCUT2D eigenvalue weighted by atomic mass is 16.1. The van der Waals surface area contributed by atoms with Crippen LogP contribution in [-0.2, 0) is 11.2 Å². The van der Waals surface area contributed by atoms with E-state index in [2.05, 4.69) is 35.6 Å². The van der Waals surface area contributed by atoms with Gasteiger partial charge in [-0.2, -0.15) is 0 Å². The molecule has 2 aromatic carbocycles. The maximum atomic E-state index is 11.7. The molecule has 0 aliphatic rings. The Balaban J connectivity index is 1.58. The van der Waals surface area contributed by atoms with E-state index in [1.807, 2.05) is 18.2 Å². The van der Waals surface area contributed by atoms with Crippen LogP contribution in [-0.4, -0.2) is 5.91 Å². The van der Waals surface area contributed by atoms with E-state index in [0.717, 1.165) is 31.4 Å². The molecule has 20 heavy (non-hydrogen) atoms. The van der Waals surface area contributed by atoms with Gasteiger partial charge in [0.1, 0.15) is 0 Å². The van der Waals surface area contributed by atoms with E-state index in [4.69, 9.17) is 0 Å². The number of aryl methyl sites for hydroxylation is 1. The fourth-order valence-electron chi connectivity index (χ4n) is 2.13. The molecule has 1 amide bonds. The Kier molecular flexibility index (Phi) is 5.84. The lowest BCUT2D eigenvalue weighted by Gasteiger charge is -2.05. The number of hydrogen-bond acceptors (Lipinski definition) is 1. The third-order valence-electron chi connectivity index (χ3n) is 3.21. The molecule has 2 nitrogen and oxygen atoms in total. The lowest BCUT2D eigenvalue weighted by Crippen LogP contribution is -2.10. The SMILES string of the molecule is O=C(CCCCCc1ccccc1)Nc1cc[c]cc1.